The Morgan fingerprint density at radius 1 is 0.850 bits per heavy atom. The van der Waals surface area contributed by atoms with Crippen molar-refractivity contribution in [3.63, 3.8) is 0 Å². The van der Waals surface area contributed by atoms with Crippen molar-refractivity contribution in [1.29, 1.82) is 0 Å². The Kier molecular flexibility index (Phi) is 4.89. The van der Waals surface area contributed by atoms with Crippen LogP contribution in [0.5, 0.6) is 0 Å². The molecule has 4 nitrogen and oxygen atoms in total. The Balaban J connectivity index is 2.21. The molecule has 4 heteroatoms. The van der Waals surface area contributed by atoms with E-state index in [9.17, 15) is 0 Å². The van der Waals surface area contributed by atoms with Crippen molar-refractivity contribution in [3.8, 4) is 11.4 Å². The molecule has 0 radical (unpaired) electrons. The van der Waals surface area contributed by atoms with Crippen molar-refractivity contribution in [3.05, 3.63) is 62.0 Å². The molecule has 0 bridgehead atoms. The van der Waals surface area contributed by atoms with E-state index in [0.717, 1.165) is 35.9 Å². The molecule has 102 valence electrons. The number of nitrogens with one attached hydrogen (secondary N) is 2. The lowest BCUT2D eigenvalue weighted by Gasteiger charge is -2.07. The summed E-state index contributed by atoms with van der Waals surface area (Å²) in [5.74, 6) is 0. The number of hydrogen-bond donors (Lipinski definition) is 2. The van der Waals surface area contributed by atoms with Crippen LogP contribution in [0, 0.1) is 0 Å². The maximum atomic E-state index is 4.36. The summed E-state index contributed by atoms with van der Waals surface area (Å²) >= 11 is 0. The average Bonchev–Trinajstić information content (AvgIpc) is 2.51. The molecular weight excluding hydrogens is 248 g/mol. The van der Waals surface area contributed by atoms with Crippen molar-refractivity contribution < 1.29 is 0 Å². The van der Waals surface area contributed by atoms with Crippen molar-refractivity contribution in [2.24, 2.45) is 0 Å². The first-order chi connectivity index (χ1) is 9.83. The van der Waals surface area contributed by atoms with Crippen molar-refractivity contribution in [2.75, 3.05) is 23.7 Å². The van der Waals surface area contributed by atoms with Gasteiger partial charge in [-0.15, -0.1) is 13.2 Å². The van der Waals surface area contributed by atoms with Crippen molar-refractivity contribution in [2.45, 2.75) is 0 Å². The minimum absolute atomic E-state index is 0.720. The number of pyridine rings is 2. The lowest BCUT2D eigenvalue weighted by molar-refractivity contribution is 1.22. The summed E-state index contributed by atoms with van der Waals surface area (Å²) in [4.78, 5) is 8.73. The van der Waals surface area contributed by atoms with Crippen LogP contribution >= 0.6 is 0 Å². The molecule has 20 heavy (non-hydrogen) atoms. The lowest BCUT2D eigenvalue weighted by atomic mass is 10.2. The van der Waals surface area contributed by atoms with Crippen LogP contribution in [0.1, 0.15) is 0 Å². The van der Waals surface area contributed by atoms with E-state index in [4.69, 9.17) is 0 Å². The zero-order valence-corrected chi connectivity index (χ0v) is 11.3. The Hall–Kier alpha value is -2.62. The molecule has 0 aromatic carbocycles. The first-order valence-electron chi connectivity index (χ1n) is 6.45. The second-order valence-corrected chi connectivity index (χ2v) is 4.20. The van der Waals surface area contributed by atoms with Gasteiger partial charge in [0.15, 0.2) is 0 Å². The second-order valence-electron chi connectivity index (χ2n) is 4.20. The zero-order chi connectivity index (χ0) is 14.2. The molecule has 0 saturated carbocycles. The molecule has 0 saturated heterocycles. The molecule has 2 aromatic heterocycles. The van der Waals surface area contributed by atoms with Gasteiger partial charge in [0.2, 0.25) is 0 Å². The third kappa shape index (κ3) is 3.68. The Bertz CT molecular complexity index is 539. The highest BCUT2D eigenvalue weighted by atomic mass is 14.9. The Morgan fingerprint density at radius 3 is 1.70 bits per heavy atom. The summed E-state index contributed by atoms with van der Waals surface area (Å²) in [5, 5.41) is 6.48. The highest BCUT2D eigenvalue weighted by Crippen LogP contribution is 2.20. The predicted octanol–water partition coefficient (Wildman–Crippen LogP) is 3.34. The van der Waals surface area contributed by atoms with Gasteiger partial charge in [0, 0.05) is 36.9 Å². The second kappa shape index (κ2) is 7.09. The lowest BCUT2D eigenvalue weighted by Crippen LogP contribution is -2.00. The van der Waals surface area contributed by atoms with Gasteiger partial charge in [0.25, 0.3) is 0 Å². The minimum atomic E-state index is 0.720. The van der Waals surface area contributed by atoms with Gasteiger partial charge in [-0.25, -0.2) is 0 Å². The SMILES string of the molecule is C=CCNc1ccnc(-c2cc(NCC=C)ccn2)c1. The van der Waals surface area contributed by atoms with Crippen molar-refractivity contribution in [1.82, 2.24) is 9.97 Å². The smallest absolute Gasteiger partial charge is 0.0907 e. The Morgan fingerprint density at radius 2 is 1.30 bits per heavy atom. The molecule has 0 spiro atoms. The first-order valence-corrected chi connectivity index (χ1v) is 6.45. The molecule has 0 fully saturated rings. The van der Waals surface area contributed by atoms with Crippen LogP contribution in [0.3, 0.4) is 0 Å². The van der Waals surface area contributed by atoms with E-state index in [-0.39, 0.29) is 0 Å². The fraction of sp³-hybridized carbons (Fsp3) is 0.125. The van der Waals surface area contributed by atoms with Gasteiger partial charge in [0.05, 0.1) is 11.4 Å². The molecule has 0 aliphatic carbocycles. The largest absolute Gasteiger partial charge is 0.381 e. The predicted molar refractivity (Wildman–Crippen MR) is 84.8 cm³/mol. The summed E-state index contributed by atoms with van der Waals surface area (Å²) in [6, 6.07) is 7.80. The molecule has 0 unspecified atom stereocenters. The van der Waals surface area contributed by atoms with E-state index in [1.54, 1.807) is 12.4 Å². The molecule has 2 rings (SSSR count). The number of anilines is 2. The Labute approximate surface area is 119 Å². The van der Waals surface area contributed by atoms with E-state index in [1.807, 2.05) is 36.4 Å². The normalized spacial score (nSPS) is 9.80. The topological polar surface area (TPSA) is 49.8 Å². The average molecular weight is 266 g/mol. The number of rotatable bonds is 7. The molecule has 2 aromatic rings. The third-order valence-electron chi connectivity index (χ3n) is 2.68. The van der Waals surface area contributed by atoms with Crippen LogP contribution in [0.15, 0.2) is 62.0 Å². The summed E-state index contributed by atoms with van der Waals surface area (Å²) in [5.41, 5.74) is 3.67. The monoisotopic (exact) mass is 266 g/mol. The highest BCUT2D eigenvalue weighted by molar-refractivity contribution is 5.64. The molecule has 2 N–H and O–H groups in total. The highest BCUT2D eigenvalue weighted by Gasteiger charge is 2.03. The van der Waals surface area contributed by atoms with E-state index in [1.165, 1.54) is 0 Å². The molecule has 0 aliphatic rings. The van der Waals surface area contributed by atoms with Crippen LogP contribution in [0.2, 0.25) is 0 Å². The van der Waals surface area contributed by atoms with E-state index in [2.05, 4.69) is 33.8 Å². The fourth-order valence-corrected chi connectivity index (χ4v) is 1.74. The van der Waals surface area contributed by atoms with Crippen LogP contribution in [0.4, 0.5) is 11.4 Å². The van der Waals surface area contributed by atoms with Gasteiger partial charge in [0.1, 0.15) is 0 Å². The van der Waals surface area contributed by atoms with E-state index >= 15 is 0 Å². The zero-order valence-electron chi connectivity index (χ0n) is 11.3. The molecule has 0 aliphatic heterocycles. The van der Waals surface area contributed by atoms with E-state index < -0.39 is 0 Å². The number of hydrogen-bond acceptors (Lipinski definition) is 4. The summed E-state index contributed by atoms with van der Waals surface area (Å²) < 4.78 is 0. The van der Waals surface area contributed by atoms with Gasteiger partial charge >= 0.3 is 0 Å². The van der Waals surface area contributed by atoms with Crippen LogP contribution in [0.25, 0.3) is 11.4 Å². The number of nitrogens with zero attached hydrogens (tertiary/aromatic N) is 2. The first kappa shape index (κ1) is 13.8. The molecule has 2 heterocycles. The van der Waals surface area contributed by atoms with Crippen LogP contribution < -0.4 is 10.6 Å². The van der Waals surface area contributed by atoms with Crippen molar-refractivity contribution >= 4 is 11.4 Å². The summed E-state index contributed by atoms with van der Waals surface area (Å²) in [6.45, 7) is 8.82. The van der Waals surface area contributed by atoms with Crippen LogP contribution in [-0.4, -0.2) is 23.1 Å². The maximum absolute atomic E-state index is 4.36. The molecular formula is C16H18N4. The standard InChI is InChI=1S/C16H18N4/c1-3-7-17-13-5-9-19-15(11-13)16-12-14(6-10-20-16)18-8-4-2/h3-6,9-12H,1-2,7-8H2,(H,17,19)(H,18,20). The quantitative estimate of drug-likeness (QED) is 0.755. The van der Waals surface area contributed by atoms with Crippen LogP contribution in [-0.2, 0) is 0 Å². The van der Waals surface area contributed by atoms with Gasteiger partial charge in [-0.3, -0.25) is 9.97 Å². The van der Waals surface area contributed by atoms with Gasteiger partial charge in [-0.05, 0) is 24.3 Å². The molecule has 0 amide bonds. The van der Waals surface area contributed by atoms with Gasteiger partial charge < -0.3 is 10.6 Å². The minimum Gasteiger partial charge on any atom is -0.381 e. The summed E-state index contributed by atoms with van der Waals surface area (Å²) in [6.07, 6.45) is 7.18. The summed E-state index contributed by atoms with van der Waals surface area (Å²) in [7, 11) is 0. The maximum Gasteiger partial charge on any atom is 0.0907 e. The van der Waals surface area contributed by atoms with Gasteiger partial charge in [-0.2, -0.15) is 0 Å². The third-order valence-corrected chi connectivity index (χ3v) is 2.68. The number of aromatic nitrogens is 2. The fourth-order valence-electron chi connectivity index (χ4n) is 1.74. The van der Waals surface area contributed by atoms with E-state index in [0.29, 0.717) is 0 Å². The molecule has 0 atom stereocenters. The van der Waals surface area contributed by atoms with Gasteiger partial charge in [-0.1, -0.05) is 12.2 Å².